The summed E-state index contributed by atoms with van der Waals surface area (Å²) in [6.45, 7) is 3.22. The Labute approximate surface area is 179 Å². The predicted molar refractivity (Wildman–Crippen MR) is 117 cm³/mol. The molecule has 0 aliphatic rings. The third-order valence-corrected chi connectivity index (χ3v) is 5.04. The SMILES string of the molecule is COc1cccc(C(=O)NCCn2ncc3c(=O)n(Cc4ccc(C)cc4)cnc32)c1. The van der Waals surface area contributed by atoms with Crippen LogP contribution in [0.5, 0.6) is 5.75 Å². The maximum atomic E-state index is 12.8. The number of aryl methyl sites for hydroxylation is 1. The summed E-state index contributed by atoms with van der Waals surface area (Å²) in [5.74, 6) is 0.417. The summed E-state index contributed by atoms with van der Waals surface area (Å²) in [7, 11) is 1.56. The highest BCUT2D eigenvalue weighted by atomic mass is 16.5. The van der Waals surface area contributed by atoms with Gasteiger partial charge in [0.25, 0.3) is 11.5 Å². The molecule has 0 aliphatic carbocycles. The van der Waals surface area contributed by atoms with Gasteiger partial charge in [-0.2, -0.15) is 5.10 Å². The number of nitrogens with one attached hydrogen (secondary N) is 1. The molecule has 0 unspecified atom stereocenters. The average Bonchev–Trinajstić information content (AvgIpc) is 3.21. The smallest absolute Gasteiger partial charge is 0.264 e. The molecule has 8 nitrogen and oxygen atoms in total. The summed E-state index contributed by atoms with van der Waals surface area (Å²) < 4.78 is 8.34. The summed E-state index contributed by atoms with van der Waals surface area (Å²) >= 11 is 0. The van der Waals surface area contributed by atoms with Crippen molar-refractivity contribution in [2.45, 2.75) is 20.0 Å². The quantitative estimate of drug-likeness (QED) is 0.499. The van der Waals surface area contributed by atoms with Gasteiger partial charge >= 0.3 is 0 Å². The Bertz CT molecular complexity index is 1270. The number of rotatable bonds is 7. The van der Waals surface area contributed by atoms with E-state index in [2.05, 4.69) is 15.4 Å². The van der Waals surface area contributed by atoms with Crippen molar-refractivity contribution in [2.24, 2.45) is 0 Å². The molecule has 2 aromatic heterocycles. The number of hydrogen-bond acceptors (Lipinski definition) is 5. The van der Waals surface area contributed by atoms with Crippen LogP contribution >= 0.6 is 0 Å². The van der Waals surface area contributed by atoms with Crippen molar-refractivity contribution in [3.63, 3.8) is 0 Å². The molecule has 2 heterocycles. The topological polar surface area (TPSA) is 91.0 Å². The first-order valence-corrected chi connectivity index (χ1v) is 9.94. The molecule has 1 N–H and O–H groups in total. The lowest BCUT2D eigenvalue weighted by Gasteiger charge is -2.08. The summed E-state index contributed by atoms with van der Waals surface area (Å²) in [5, 5.41) is 7.58. The molecular weight excluding hydrogens is 394 g/mol. The van der Waals surface area contributed by atoms with Crippen molar-refractivity contribution in [2.75, 3.05) is 13.7 Å². The van der Waals surface area contributed by atoms with E-state index >= 15 is 0 Å². The molecule has 0 atom stereocenters. The van der Waals surface area contributed by atoms with Gasteiger partial charge in [-0.15, -0.1) is 0 Å². The Kier molecular flexibility index (Phi) is 5.79. The molecule has 8 heteroatoms. The average molecular weight is 417 g/mol. The largest absolute Gasteiger partial charge is 0.497 e. The lowest BCUT2D eigenvalue weighted by Crippen LogP contribution is -2.27. The van der Waals surface area contributed by atoms with Gasteiger partial charge in [-0.3, -0.25) is 14.2 Å². The highest BCUT2D eigenvalue weighted by Gasteiger charge is 2.11. The molecule has 0 saturated carbocycles. The first-order chi connectivity index (χ1) is 15.0. The molecule has 0 aliphatic heterocycles. The highest BCUT2D eigenvalue weighted by molar-refractivity contribution is 5.94. The van der Waals surface area contributed by atoms with Gasteiger partial charge in [0.05, 0.1) is 26.4 Å². The molecule has 158 valence electrons. The summed E-state index contributed by atoms with van der Waals surface area (Å²) in [4.78, 5) is 29.6. The molecule has 2 aromatic carbocycles. The molecule has 0 spiro atoms. The number of fused-ring (bicyclic) bond motifs is 1. The van der Waals surface area contributed by atoms with Crippen molar-refractivity contribution in [1.29, 1.82) is 0 Å². The van der Waals surface area contributed by atoms with E-state index in [1.165, 1.54) is 18.1 Å². The van der Waals surface area contributed by atoms with E-state index in [-0.39, 0.29) is 11.5 Å². The van der Waals surface area contributed by atoms with Crippen LogP contribution in [0.25, 0.3) is 11.0 Å². The second-order valence-corrected chi connectivity index (χ2v) is 7.26. The zero-order valence-corrected chi connectivity index (χ0v) is 17.4. The number of methoxy groups -OCH3 is 1. The van der Waals surface area contributed by atoms with Crippen LogP contribution in [-0.2, 0) is 13.1 Å². The fourth-order valence-electron chi connectivity index (χ4n) is 3.31. The molecule has 1 amide bonds. The number of carbonyl (C=O) groups is 1. The number of aromatic nitrogens is 4. The normalized spacial score (nSPS) is 10.9. The second kappa shape index (κ2) is 8.83. The Balaban J connectivity index is 1.44. The second-order valence-electron chi connectivity index (χ2n) is 7.26. The standard InChI is InChI=1S/C23H23N5O3/c1-16-6-8-17(9-7-16)14-27-15-25-21-20(23(27)30)13-26-28(21)11-10-24-22(29)18-4-3-5-19(12-18)31-2/h3-9,12-13,15H,10-11,14H2,1-2H3,(H,24,29). The van der Waals surface area contributed by atoms with Crippen LogP contribution < -0.4 is 15.6 Å². The van der Waals surface area contributed by atoms with Crippen molar-refractivity contribution in [3.05, 3.63) is 88.1 Å². The van der Waals surface area contributed by atoms with E-state index in [9.17, 15) is 9.59 Å². The van der Waals surface area contributed by atoms with Crippen LogP contribution in [0.2, 0.25) is 0 Å². The van der Waals surface area contributed by atoms with Crippen LogP contribution in [0.15, 0.2) is 65.8 Å². The lowest BCUT2D eigenvalue weighted by molar-refractivity contribution is 0.0951. The number of benzene rings is 2. The minimum absolute atomic E-state index is 0.141. The van der Waals surface area contributed by atoms with E-state index in [4.69, 9.17) is 4.74 Å². The minimum Gasteiger partial charge on any atom is -0.497 e. The van der Waals surface area contributed by atoms with Gasteiger partial charge in [0, 0.05) is 12.1 Å². The van der Waals surface area contributed by atoms with Gasteiger partial charge in [0.2, 0.25) is 0 Å². The van der Waals surface area contributed by atoms with Crippen LogP contribution in [0.1, 0.15) is 21.5 Å². The van der Waals surface area contributed by atoms with Crippen LogP contribution in [-0.4, -0.2) is 38.9 Å². The van der Waals surface area contributed by atoms with Crippen molar-refractivity contribution >= 4 is 16.9 Å². The van der Waals surface area contributed by atoms with Crippen molar-refractivity contribution < 1.29 is 9.53 Å². The fraction of sp³-hybridized carbons (Fsp3) is 0.217. The van der Waals surface area contributed by atoms with Gasteiger partial charge in [-0.1, -0.05) is 35.9 Å². The maximum Gasteiger partial charge on any atom is 0.264 e. The first kappa shape index (κ1) is 20.3. The third-order valence-electron chi connectivity index (χ3n) is 5.04. The Morgan fingerprint density at radius 3 is 2.74 bits per heavy atom. The van der Waals surface area contributed by atoms with Crippen molar-refractivity contribution in [1.82, 2.24) is 24.6 Å². The molecule has 0 fully saturated rings. The van der Waals surface area contributed by atoms with Crippen LogP contribution in [0, 0.1) is 6.92 Å². The van der Waals surface area contributed by atoms with Crippen LogP contribution in [0.4, 0.5) is 0 Å². The van der Waals surface area contributed by atoms with Gasteiger partial charge < -0.3 is 10.1 Å². The molecule has 0 bridgehead atoms. The highest BCUT2D eigenvalue weighted by Crippen LogP contribution is 2.12. The summed E-state index contributed by atoms with van der Waals surface area (Å²) in [6, 6.07) is 15.0. The zero-order chi connectivity index (χ0) is 21.8. The first-order valence-electron chi connectivity index (χ1n) is 9.94. The van der Waals surface area contributed by atoms with E-state index in [0.717, 1.165) is 5.56 Å². The number of hydrogen-bond donors (Lipinski definition) is 1. The number of ether oxygens (including phenoxy) is 1. The molecule has 4 rings (SSSR count). The molecule has 0 saturated heterocycles. The lowest BCUT2D eigenvalue weighted by atomic mass is 10.1. The van der Waals surface area contributed by atoms with Gasteiger partial charge in [0.15, 0.2) is 5.65 Å². The molecule has 4 aromatic rings. The van der Waals surface area contributed by atoms with E-state index in [0.29, 0.717) is 42.0 Å². The fourth-order valence-corrected chi connectivity index (χ4v) is 3.31. The number of nitrogens with zero attached hydrogens (tertiary/aromatic N) is 4. The summed E-state index contributed by atoms with van der Waals surface area (Å²) in [5.41, 5.74) is 3.07. The maximum absolute atomic E-state index is 12.8. The van der Waals surface area contributed by atoms with Gasteiger partial charge in [0.1, 0.15) is 17.5 Å². The van der Waals surface area contributed by atoms with Gasteiger partial charge in [-0.25, -0.2) is 9.67 Å². The van der Waals surface area contributed by atoms with E-state index in [1.54, 1.807) is 40.6 Å². The van der Waals surface area contributed by atoms with Gasteiger partial charge in [-0.05, 0) is 30.7 Å². The zero-order valence-electron chi connectivity index (χ0n) is 17.4. The van der Waals surface area contributed by atoms with E-state index < -0.39 is 0 Å². The summed E-state index contributed by atoms with van der Waals surface area (Å²) in [6.07, 6.45) is 3.07. The molecule has 0 radical (unpaired) electrons. The number of amides is 1. The Hall–Kier alpha value is -3.94. The predicted octanol–water partition coefficient (Wildman–Crippen LogP) is 2.39. The Morgan fingerprint density at radius 2 is 1.97 bits per heavy atom. The van der Waals surface area contributed by atoms with Crippen LogP contribution in [0.3, 0.4) is 0 Å². The third kappa shape index (κ3) is 4.48. The minimum atomic E-state index is -0.205. The van der Waals surface area contributed by atoms with Crippen molar-refractivity contribution in [3.8, 4) is 5.75 Å². The van der Waals surface area contributed by atoms with E-state index in [1.807, 2.05) is 31.2 Å². The molecule has 31 heavy (non-hydrogen) atoms. The Morgan fingerprint density at radius 1 is 1.16 bits per heavy atom. The monoisotopic (exact) mass is 417 g/mol. The number of carbonyl (C=O) groups excluding carboxylic acids is 1. The molecular formula is C23H23N5O3.